The molecule has 2 aliphatic rings. The lowest BCUT2D eigenvalue weighted by molar-refractivity contribution is -0.143. The van der Waals surface area contributed by atoms with Crippen molar-refractivity contribution in [2.75, 3.05) is 19.7 Å². The molecule has 2 fully saturated rings. The molecule has 48 heavy (non-hydrogen) atoms. The summed E-state index contributed by atoms with van der Waals surface area (Å²) >= 11 is 1.56. The minimum atomic E-state index is -4.87. The van der Waals surface area contributed by atoms with Crippen LogP contribution in [-0.2, 0) is 22.3 Å². The number of ether oxygens (including phenoxy) is 2. The molecular formula is C36H39F3N4O4S. The van der Waals surface area contributed by atoms with Crippen LogP contribution < -0.4 is 4.74 Å². The van der Waals surface area contributed by atoms with E-state index < -0.39 is 23.4 Å². The Morgan fingerprint density at radius 2 is 1.77 bits per heavy atom. The summed E-state index contributed by atoms with van der Waals surface area (Å²) in [6, 6.07) is 11.2. The van der Waals surface area contributed by atoms with Gasteiger partial charge < -0.3 is 14.4 Å². The number of amides is 1. The van der Waals surface area contributed by atoms with Crippen molar-refractivity contribution in [1.29, 1.82) is 0 Å². The minimum absolute atomic E-state index is 0.0578. The van der Waals surface area contributed by atoms with Crippen LogP contribution in [0.15, 0.2) is 42.6 Å². The summed E-state index contributed by atoms with van der Waals surface area (Å²) in [5, 5.41) is 3.91. The summed E-state index contributed by atoms with van der Waals surface area (Å²) in [5.41, 5.74) is 3.11. The number of carbonyl (C=O) groups excluding carboxylic acids is 2. The summed E-state index contributed by atoms with van der Waals surface area (Å²) in [4.78, 5) is 33.0. The van der Waals surface area contributed by atoms with Gasteiger partial charge in [-0.25, -0.2) is 14.5 Å². The minimum Gasteiger partial charge on any atom is -0.489 e. The van der Waals surface area contributed by atoms with Crippen molar-refractivity contribution in [2.45, 2.75) is 84.4 Å². The van der Waals surface area contributed by atoms with E-state index in [4.69, 9.17) is 9.47 Å². The van der Waals surface area contributed by atoms with Gasteiger partial charge in [-0.2, -0.15) is 18.3 Å². The van der Waals surface area contributed by atoms with Crippen LogP contribution in [0, 0.1) is 13.8 Å². The SMILES string of the molecule is CCOC(=O)c1cnn(-c2cccc(-c3sc(C)c(C4CC4)c3COc3ccc(C4CCN(C(=O)CC)CC4)cc3C)n2)c1C(F)(F)F. The maximum atomic E-state index is 14.2. The predicted octanol–water partition coefficient (Wildman–Crippen LogP) is 8.38. The fourth-order valence-electron chi connectivity index (χ4n) is 6.61. The third-order valence-corrected chi connectivity index (χ3v) is 10.3. The molecule has 1 amide bonds. The monoisotopic (exact) mass is 680 g/mol. The van der Waals surface area contributed by atoms with Gasteiger partial charge in [-0.05, 0) is 93.2 Å². The highest BCUT2D eigenvalue weighted by atomic mass is 32.1. The second-order valence-corrected chi connectivity index (χ2v) is 13.6. The largest absolute Gasteiger partial charge is 0.489 e. The summed E-state index contributed by atoms with van der Waals surface area (Å²) in [6.45, 7) is 9.31. The average Bonchev–Trinajstić information content (AvgIpc) is 3.70. The van der Waals surface area contributed by atoms with Gasteiger partial charge in [-0.1, -0.05) is 25.1 Å². The maximum Gasteiger partial charge on any atom is 0.434 e. The molecule has 1 saturated heterocycles. The first-order valence-electron chi connectivity index (χ1n) is 16.4. The van der Waals surface area contributed by atoms with E-state index in [-0.39, 0.29) is 24.9 Å². The first kappa shape index (κ1) is 33.7. The van der Waals surface area contributed by atoms with Gasteiger partial charge in [0.15, 0.2) is 11.5 Å². The molecule has 0 bridgehead atoms. The van der Waals surface area contributed by atoms with Crippen LogP contribution in [-0.4, -0.2) is 51.2 Å². The molecule has 6 rings (SSSR count). The van der Waals surface area contributed by atoms with Crippen molar-refractivity contribution in [2.24, 2.45) is 0 Å². The summed E-state index contributed by atoms with van der Waals surface area (Å²) in [7, 11) is 0. The third kappa shape index (κ3) is 6.85. The Morgan fingerprint density at radius 3 is 2.42 bits per heavy atom. The molecule has 254 valence electrons. The number of aromatic nitrogens is 3. The maximum absolute atomic E-state index is 14.2. The molecule has 1 aliphatic heterocycles. The molecule has 0 N–H and O–H groups in total. The molecule has 0 spiro atoms. The van der Waals surface area contributed by atoms with E-state index in [9.17, 15) is 22.8 Å². The highest BCUT2D eigenvalue weighted by Crippen LogP contribution is 2.49. The van der Waals surface area contributed by atoms with E-state index in [0.29, 0.717) is 28.6 Å². The van der Waals surface area contributed by atoms with E-state index >= 15 is 0 Å². The molecule has 1 aromatic carbocycles. The van der Waals surface area contributed by atoms with E-state index in [1.54, 1.807) is 23.5 Å². The molecule has 0 radical (unpaired) electrons. The highest BCUT2D eigenvalue weighted by Gasteiger charge is 2.41. The van der Waals surface area contributed by atoms with Gasteiger partial charge in [0, 0.05) is 30.0 Å². The van der Waals surface area contributed by atoms with Gasteiger partial charge >= 0.3 is 12.1 Å². The van der Waals surface area contributed by atoms with Crippen LogP contribution in [0.1, 0.15) is 101 Å². The highest BCUT2D eigenvalue weighted by molar-refractivity contribution is 7.15. The van der Waals surface area contributed by atoms with Gasteiger partial charge in [0.25, 0.3) is 0 Å². The van der Waals surface area contributed by atoms with Crippen LogP contribution in [0.2, 0.25) is 0 Å². The van der Waals surface area contributed by atoms with Crippen molar-refractivity contribution in [3.05, 3.63) is 81.0 Å². The second-order valence-electron chi connectivity index (χ2n) is 12.4. The number of halogens is 3. The van der Waals surface area contributed by atoms with Gasteiger partial charge in [0.1, 0.15) is 17.9 Å². The average molecular weight is 681 g/mol. The van der Waals surface area contributed by atoms with Crippen molar-refractivity contribution < 1.29 is 32.2 Å². The number of rotatable bonds is 10. The molecular weight excluding hydrogens is 641 g/mol. The Balaban J connectivity index is 1.27. The molecule has 12 heteroatoms. The van der Waals surface area contributed by atoms with Crippen LogP contribution in [0.5, 0.6) is 5.75 Å². The number of aryl methyl sites for hydroxylation is 2. The zero-order valence-corrected chi connectivity index (χ0v) is 28.3. The predicted molar refractivity (Wildman–Crippen MR) is 177 cm³/mol. The smallest absolute Gasteiger partial charge is 0.434 e. The first-order valence-corrected chi connectivity index (χ1v) is 17.2. The number of hydrogen-bond donors (Lipinski definition) is 0. The number of carbonyl (C=O) groups is 2. The van der Waals surface area contributed by atoms with Gasteiger partial charge in [0.05, 0.1) is 23.4 Å². The lowest BCUT2D eigenvalue weighted by Gasteiger charge is -2.32. The Kier molecular flexibility index (Phi) is 9.64. The fourth-order valence-corrected chi connectivity index (χ4v) is 7.82. The van der Waals surface area contributed by atoms with Crippen molar-refractivity contribution >= 4 is 23.2 Å². The van der Waals surface area contributed by atoms with E-state index in [2.05, 4.69) is 29.1 Å². The molecule has 4 heterocycles. The molecule has 1 saturated carbocycles. The lowest BCUT2D eigenvalue weighted by atomic mass is 9.88. The van der Waals surface area contributed by atoms with Crippen LogP contribution in [0.3, 0.4) is 0 Å². The summed E-state index contributed by atoms with van der Waals surface area (Å²) in [5.74, 6) is 0.642. The number of nitrogens with zero attached hydrogens (tertiary/aromatic N) is 4. The number of piperidine rings is 1. The number of alkyl halides is 3. The van der Waals surface area contributed by atoms with Crippen molar-refractivity contribution in [3.8, 4) is 22.1 Å². The van der Waals surface area contributed by atoms with Crippen LogP contribution in [0.25, 0.3) is 16.4 Å². The summed E-state index contributed by atoms with van der Waals surface area (Å²) < 4.78 is 54.6. The fraction of sp³-hybridized carbons (Fsp3) is 0.444. The number of likely N-dealkylation sites (tertiary alicyclic amines) is 1. The first-order chi connectivity index (χ1) is 23.0. The quantitative estimate of drug-likeness (QED) is 0.157. The molecule has 0 unspecified atom stereocenters. The topological polar surface area (TPSA) is 86.5 Å². The zero-order valence-electron chi connectivity index (χ0n) is 27.5. The van der Waals surface area contributed by atoms with Crippen molar-refractivity contribution in [1.82, 2.24) is 19.7 Å². The standard InChI is InChI=1S/C36H39F3N4O4S/c1-5-31(44)42-16-14-23(15-17-42)25-12-13-29(21(3)18-25)47-20-27-32(24-10-11-24)22(4)48-33(27)28-8-7-9-30(41-28)43-34(36(37,38)39)26(19-40-43)35(45)46-6-2/h7-9,12-13,18-19,23-24H,5-6,10-11,14-17,20H2,1-4H3. The number of hydrogen-bond acceptors (Lipinski definition) is 7. The molecule has 0 atom stereocenters. The third-order valence-electron chi connectivity index (χ3n) is 9.13. The van der Waals surface area contributed by atoms with E-state index in [1.807, 2.05) is 24.8 Å². The molecule has 3 aromatic heterocycles. The number of esters is 1. The number of thiophene rings is 1. The number of benzene rings is 1. The van der Waals surface area contributed by atoms with Crippen LogP contribution >= 0.6 is 11.3 Å². The normalized spacial score (nSPS) is 15.5. The van der Waals surface area contributed by atoms with E-state index in [1.165, 1.54) is 24.1 Å². The Bertz CT molecular complexity index is 1820. The van der Waals surface area contributed by atoms with Gasteiger partial charge in [0.2, 0.25) is 5.91 Å². The Morgan fingerprint density at radius 1 is 1.02 bits per heavy atom. The zero-order chi connectivity index (χ0) is 34.2. The molecule has 1 aliphatic carbocycles. The number of pyridine rings is 1. The molecule has 4 aromatic rings. The van der Waals surface area contributed by atoms with Gasteiger partial charge in [-0.3, -0.25) is 4.79 Å². The van der Waals surface area contributed by atoms with Crippen LogP contribution in [0.4, 0.5) is 13.2 Å². The Labute approximate surface area is 281 Å². The van der Waals surface area contributed by atoms with Crippen molar-refractivity contribution in [3.63, 3.8) is 0 Å². The lowest BCUT2D eigenvalue weighted by Crippen LogP contribution is -2.37. The van der Waals surface area contributed by atoms with Gasteiger partial charge in [-0.15, -0.1) is 11.3 Å². The molecule has 8 nitrogen and oxygen atoms in total. The second kappa shape index (κ2) is 13.7. The Hall–Kier alpha value is -4.19. The van der Waals surface area contributed by atoms with E-state index in [0.717, 1.165) is 71.6 Å². The summed E-state index contributed by atoms with van der Waals surface area (Å²) in [6.07, 6.45) is 0.567.